The number of hydrogen-bond donors (Lipinski definition) is 0. The van der Waals surface area contributed by atoms with Gasteiger partial charge in [-0.2, -0.15) is 0 Å². The summed E-state index contributed by atoms with van der Waals surface area (Å²) in [4.78, 5) is 32.2. The average molecular weight is 582 g/mol. The van der Waals surface area contributed by atoms with Crippen LogP contribution in [0.5, 0.6) is 0 Å². The number of nitrogens with zero attached hydrogens (tertiary/aromatic N) is 3. The molecule has 1 aromatic heterocycles. The first kappa shape index (κ1) is 30.4. The van der Waals surface area contributed by atoms with Gasteiger partial charge in [0.1, 0.15) is 10.4 Å². The minimum atomic E-state index is -0.897. The minimum absolute atomic E-state index is 0.141. The predicted molar refractivity (Wildman–Crippen MR) is 155 cm³/mol. The number of thioether (sulfide) groups is 1. The Morgan fingerprint density at radius 2 is 1.76 bits per heavy atom. The summed E-state index contributed by atoms with van der Waals surface area (Å²) >= 11 is 8.10. The third-order valence-electron chi connectivity index (χ3n) is 5.72. The molecule has 11 heteroatoms. The Bertz CT molecular complexity index is 1170. The Morgan fingerprint density at radius 3 is 2.42 bits per heavy atom. The maximum atomic E-state index is 13.6. The average Bonchev–Trinajstić information content (AvgIpc) is 3.39. The third kappa shape index (κ3) is 8.94. The summed E-state index contributed by atoms with van der Waals surface area (Å²) in [6, 6.07) is 5.62. The number of unbranched alkanes of at least 4 members (excludes halogenated alkanes) is 2. The van der Waals surface area contributed by atoms with Crippen LogP contribution in [0.2, 0.25) is 0 Å². The van der Waals surface area contributed by atoms with Crippen LogP contribution in [-0.4, -0.2) is 84.8 Å². The smallest absolute Gasteiger partial charge is 0.306 e. The van der Waals surface area contributed by atoms with Gasteiger partial charge in [-0.05, 0) is 81.8 Å². The van der Waals surface area contributed by atoms with E-state index in [0.29, 0.717) is 47.3 Å². The molecule has 1 saturated heterocycles. The molecule has 0 bridgehead atoms. The number of carbonyl (C=O) groups is 2. The van der Waals surface area contributed by atoms with Crippen LogP contribution in [0.3, 0.4) is 0 Å². The first-order valence-electron chi connectivity index (χ1n) is 12.3. The second kappa shape index (κ2) is 14.3. The second-order valence-electron chi connectivity index (χ2n) is 9.65. The Labute approximate surface area is 236 Å². The van der Waals surface area contributed by atoms with E-state index in [4.69, 9.17) is 17.0 Å². The molecule has 0 atom stereocenters. The van der Waals surface area contributed by atoms with Crippen molar-refractivity contribution in [1.82, 2.24) is 14.7 Å². The number of carbonyl (C=O) groups excluding carboxylic acids is 2. The van der Waals surface area contributed by atoms with Crippen molar-refractivity contribution in [1.29, 1.82) is 0 Å². The maximum absolute atomic E-state index is 13.6. The van der Waals surface area contributed by atoms with Crippen LogP contribution in [0.25, 0.3) is 17.2 Å². The van der Waals surface area contributed by atoms with Crippen molar-refractivity contribution >= 4 is 57.6 Å². The summed E-state index contributed by atoms with van der Waals surface area (Å²) in [6.07, 6.45) is 4.13. The van der Waals surface area contributed by atoms with Crippen molar-refractivity contribution in [2.45, 2.75) is 31.8 Å². The molecule has 0 unspecified atom stereocenters. The van der Waals surface area contributed by atoms with Gasteiger partial charge in [0.05, 0.1) is 4.91 Å². The van der Waals surface area contributed by atoms with Crippen molar-refractivity contribution in [2.75, 3.05) is 47.8 Å². The van der Waals surface area contributed by atoms with E-state index in [1.165, 1.54) is 29.2 Å². The number of benzene rings is 1. The topological polar surface area (TPSA) is 53.1 Å². The molecule has 3 rings (SSSR count). The molecular weight excluding hydrogens is 549 g/mol. The molecular formula is C27H33F2N3O3S3. The molecule has 1 aliphatic rings. The van der Waals surface area contributed by atoms with Crippen molar-refractivity contribution in [3.63, 3.8) is 0 Å². The van der Waals surface area contributed by atoms with Crippen LogP contribution in [0.15, 0.2) is 34.6 Å². The Hall–Kier alpha value is -2.18. The van der Waals surface area contributed by atoms with Crippen molar-refractivity contribution in [3.05, 3.63) is 51.1 Å². The Kier molecular flexibility index (Phi) is 11.4. The Morgan fingerprint density at radius 1 is 1.05 bits per heavy atom. The lowest BCUT2D eigenvalue weighted by Gasteiger charge is -2.24. The van der Waals surface area contributed by atoms with E-state index in [1.807, 2.05) is 49.4 Å². The van der Waals surface area contributed by atoms with Gasteiger partial charge in [-0.15, -0.1) is 11.3 Å². The molecule has 0 aliphatic carbocycles. The quantitative estimate of drug-likeness (QED) is 0.134. The number of amides is 1. The molecule has 2 heterocycles. The number of thiocarbonyl (C=S) groups is 1. The molecule has 1 amide bonds. The minimum Gasteiger partial charge on any atom is -0.460 e. The molecule has 0 radical (unpaired) electrons. The lowest BCUT2D eigenvalue weighted by Crippen LogP contribution is -2.38. The van der Waals surface area contributed by atoms with Gasteiger partial charge < -0.3 is 14.5 Å². The van der Waals surface area contributed by atoms with Crippen LogP contribution in [0.1, 0.15) is 30.6 Å². The summed E-state index contributed by atoms with van der Waals surface area (Å²) in [5.74, 6) is -2.13. The van der Waals surface area contributed by atoms with E-state index in [2.05, 4.69) is 0 Å². The SMILES string of the molecule is CN(C)CC(CN(C)C)OC(=O)CCCCCN1C(=O)C(=Cc2cc(-c3ccc(F)c(F)c3)cs2)SC1=S. The van der Waals surface area contributed by atoms with Gasteiger partial charge in [0.2, 0.25) is 0 Å². The standard InChI is InChI=1S/C27H33F2N3O3S3/c1-30(2)15-20(16-31(3)4)35-25(33)8-6-5-7-11-32-26(34)24(38-27(32)36)14-21-12-19(17-37-21)18-9-10-22(28)23(29)13-18/h9-10,12-14,17,20H,5-8,11,15-16H2,1-4H3. The highest BCUT2D eigenvalue weighted by molar-refractivity contribution is 8.26. The highest BCUT2D eigenvalue weighted by Gasteiger charge is 2.31. The summed E-state index contributed by atoms with van der Waals surface area (Å²) in [5, 5.41) is 1.84. The van der Waals surface area contributed by atoms with E-state index in [9.17, 15) is 18.4 Å². The lowest BCUT2D eigenvalue weighted by molar-refractivity contribution is -0.150. The fraction of sp³-hybridized carbons (Fsp3) is 0.444. The zero-order chi connectivity index (χ0) is 27.8. The van der Waals surface area contributed by atoms with E-state index in [-0.39, 0.29) is 18.0 Å². The molecule has 6 nitrogen and oxygen atoms in total. The van der Waals surface area contributed by atoms with Crippen LogP contribution >= 0.6 is 35.3 Å². The van der Waals surface area contributed by atoms with Gasteiger partial charge in [0.25, 0.3) is 5.91 Å². The molecule has 38 heavy (non-hydrogen) atoms. The second-order valence-corrected chi connectivity index (χ2v) is 12.3. The van der Waals surface area contributed by atoms with Gasteiger partial charge in [-0.3, -0.25) is 14.5 Å². The Balaban J connectivity index is 1.46. The van der Waals surface area contributed by atoms with Crippen LogP contribution in [-0.2, 0) is 14.3 Å². The highest BCUT2D eigenvalue weighted by atomic mass is 32.2. The molecule has 0 spiro atoms. The van der Waals surface area contributed by atoms with E-state index < -0.39 is 11.6 Å². The molecule has 206 valence electrons. The zero-order valence-electron chi connectivity index (χ0n) is 22.0. The fourth-order valence-electron chi connectivity index (χ4n) is 3.99. The number of likely N-dealkylation sites (N-methyl/N-ethyl adjacent to an activating group) is 2. The molecule has 1 aromatic carbocycles. The van der Waals surface area contributed by atoms with E-state index in [0.717, 1.165) is 35.4 Å². The first-order valence-corrected chi connectivity index (χ1v) is 14.4. The number of esters is 1. The summed E-state index contributed by atoms with van der Waals surface area (Å²) in [6.45, 7) is 1.83. The molecule has 1 fully saturated rings. The molecule has 1 aliphatic heterocycles. The van der Waals surface area contributed by atoms with Gasteiger partial charge in [-0.1, -0.05) is 36.5 Å². The monoisotopic (exact) mass is 581 g/mol. The van der Waals surface area contributed by atoms with Crippen LogP contribution in [0.4, 0.5) is 8.78 Å². The predicted octanol–water partition coefficient (Wildman–Crippen LogP) is 5.49. The number of rotatable bonds is 13. The molecule has 0 saturated carbocycles. The first-order chi connectivity index (χ1) is 18.0. The fourth-order valence-corrected chi connectivity index (χ4v) is 6.21. The summed E-state index contributed by atoms with van der Waals surface area (Å²) in [7, 11) is 7.81. The van der Waals surface area contributed by atoms with Gasteiger partial charge >= 0.3 is 5.97 Å². The largest absolute Gasteiger partial charge is 0.460 e. The van der Waals surface area contributed by atoms with Crippen LogP contribution < -0.4 is 0 Å². The number of thiophene rings is 1. The number of ether oxygens (including phenoxy) is 1. The number of hydrogen-bond acceptors (Lipinski definition) is 8. The van der Waals surface area contributed by atoms with Gasteiger partial charge in [0, 0.05) is 30.9 Å². The lowest BCUT2D eigenvalue weighted by atomic mass is 10.1. The molecule has 0 N–H and O–H groups in total. The van der Waals surface area contributed by atoms with E-state index in [1.54, 1.807) is 11.0 Å². The van der Waals surface area contributed by atoms with Gasteiger partial charge in [0.15, 0.2) is 11.6 Å². The highest BCUT2D eigenvalue weighted by Crippen LogP contribution is 2.35. The summed E-state index contributed by atoms with van der Waals surface area (Å²) in [5.41, 5.74) is 1.33. The summed E-state index contributed by atoms with van der Waals surface area (Å²) < 4.78 is 33.0. The number of halogens is 2. The zero-order valence-corrected chi connectivity index (χ0v) is 24.5. The third-order valence-corrected chi connectivity index (χ3v) is 7.98. The maximum Gasteiger partial charge on any atom is 0.306 e. The van der Waals surface area contributed by atoms with Crippen molar-refractivity contribution < 1.29 is 23.1 Å². The molecule has 2 aromatic rings. The van der Waals surface area contributed by atoms with Crippen molar-refractivity contribution in [3.8, 4) is 11.1 Å². The van der Waals surface area contributed by atoms with Gasteiger partial charge in [-0.25, -0.2) is 8.78 Å². The normalized spacial score (nSPS) is 15.1. The van der Waals surface area contributed by atoms with Crippen molar-refractivity contribution in [2.24, 2.45) is 0 Å². The van der Waals surface area contributed by atoms with E-state index >= 15 is 0 Å². The van der Waals surface area contributed by atoms with Crippen LogP contribution in [0, 0.1) is 11.6 Å².